The van der Waals surface area contributed by atoms with Crippen LogP contribution in [0.5, 0.6) is 11.5 Å². The van der Waals surface area contributed by atoms with E-state index in [-0.39, 0.29) is 29.0 Å². The Morgan fingerprint density at radius 3 is 2.52 bits per heavy atom. The van der Waals surface area contributed by atoms with Crippen molar-refractivity contribution in [3.05, 3.63) is 110 Å². The number of allylic oxidation sites excluding steroid dienone is 2. The number of carbonyl (C=O) groups excluding carboxylic acids is 1. The molecule has 2 heterocycles. The first-order valence-electron chi connectivity index (χ1n) is 17.8. The second kappa shape index (κ2) is 15.6. The molecule has 4 aromatic rings. The van der Waals surface area contributed by atoms with Crippen molar-refractivity contribution in [2.24, 2.45) is 5.41 Å². The summed E-state index contributed by atoms with van der Waals surface area (Å²) in [6.07, 6.45) is 5.57. The monoisotopic (exact) mass is 763 g/mol. The molecule has 2 aromatic carbocycles. The lowest BCUT2D eigenvalue weighted by atomic mass is 9.65. The highest BCUT2D eigenvalue weighted by Gasteiger charge is 2.58. The van der Waals surface area contributed by atoms with Crippen molar-refractivity contribution in [1.82, 2.24) is 4.31 Å². The molecule has 8 nitrogen and oxygen atoms in total. The average molecular weight is 764 g/mol. The number of aliphatic hydroxyl groups excluding tert-OH is 1. The molecule has 2 aromatic heterocycles. The molecule has 1 fully saturated rings. The fourth-order valence-corrected chi connectivity index (χ4v) is 11.6. The molecule has 0 saturated heterocycles. The number of methoxy groups -OCH3 is 2. The normalized spacial score (nSPS) is 24.0. The second-order valence-corrected chi connectivity index (χ2v) is 19.0. The third-order valence-corrected chi connectivity index (χ3v) is 15.4. The van der Waals surface area contributed by atoms with Crippen molar-refractivity contribution < 1.29 is 32.9 Å². The number of fused-ring (bicyclic) bond motifs is 8. The summed E-state index contributed by atoms with van der Waals surface area (Å²) in [5, 5.41) is 25.8. The van der Waals surface area contributed by atoms with Crippen LogP contribution in [0.2, 0.25) is 0 Å². The van der Waals surface area contributed by atoms with Gasteiger partial charge in [0.15, 0.2) is 0 Å². The van der Waals surface area contributed by atoms with Crippen molar-refractivity contribution in [2.45, 2.75) is 94.1 Å². The Bertz CT molecular complexity index is 2040. The van der Waals surface area contributed by atoms with Gasteiger partial charge in [-0.05, 0) is 112 Å². The minimum Gasteiger partial charge on any atom is -0.497 e. The van der Waals surface area contributed by atoms with E-state index in [9.17, 15) is 23.4 Å². The Balaban J connectivity index is 1.47. The number of aliphatic hydroxyl groups is 2. The summed E-state index contributed by atoms with van der Waals surface area (Å²) in [6.45, 7) is 5.97. The molecule has 0 aliphatic heterocycles. The summed E-state index contributed by atoms with van der Waals surface area (Å²) in [7, 11) is -0.932. The van der Waals surface area contributed by atoms with Crippen molar-refractivity contribution in [2.75, 3.05) is 20.8 Å². The van der Waals surface area contributed by atoms with Gasteiger partial charge in [0.25, 0.3) is 10.0 Å². The summed E-state index contributed by atoms with van der Waals surface area (Å²) < 4.78 is 41.6. The van der Waals surface area contributed by atoms with Crippen molar-refractivity contribution >= 4 is 38.5 Å². The lowest BCUT2D eigenvalue weighted by Gasteiger charge is -2.46. The summed E-state index contributed by atoms with van der Waals surface area (Å²) in [5.41, 5.74) is 1.88. The zero-order valence-corrected chi connectivity index (χ0v) is 33.0. The molecular weight excluding hydrogens is 715 g/mol. The average Bonchev–Trinajstić information content (AvgIpc) is 3.88. The molecule has 3 aliphatic carbocycles. The van der Waals surface area contributed by atoms with Gasteiger partial charge in [-0.2, -0.15) is 4.31 Å². The number of rotatable bonds is 10. The molecule has 52 heavy (non-hydrogen) atoms. The van der Waals surface area contributed by atoms with E-state index in [4.69, 9.17) is 9.47 Å². The maximum atomic E-state index is 14.4. The molecule has 1 saturated carbocycles. The minimum atomic E-state index is -4.04. The number of hydrogen-bond donors (Lipinski definition) is 2. The number of hydrogen-bond acceptors (Lipinski definition) is 9. The second-order valence-electron chi connectivity index (χ2n) is 14.6. The number of thiophene rings is 2. The first-order chi connectivity index (χ1) is 24.8. The van der Waals surface area contributed by atoms with Crippen molar-refractivity contribution in [3.63, 3.8) is 0 Å². The van der Waals surface area contributed by atoms with Crippen molar-refractivity contribution in [1.29, 1.82) is 0 Å². The van der Waals surface area contributed by atoms with Gasteiger partial charge in [-0.15, -0.1) is 22.7 Å². The fourth-order valence-electron chi connectivity index (χ4n) is 8.11. The summed E-state index contributed by atoms with van der Waals surface area (Å²) in [5.74, 6) is 0.766. The van der Waals surface area contributed by atoms with Gasteiger partial charge in [0, 0.05) is 40.6 Å². The highest BCUT2D eigenvalue weighted by atomic mass is 32.2. The summed E-state index contributed by atoms with van der Waals surface area (Å²) in [4.78, 5) is 16.0. The molecule has 0 spiro atoms. The van der Waals surface area contributed by atoms with Gasteiger partial charge >= 0.3 is 0 Å². The molecule has 2 bridgehead atoms. The van der Waals surface area contributed by atoms with Gasteiger partial charge in [-0.3, -0.25) is 4.79 Å². The zero-order chi connectivity index (χ0) is 37.3. The largest absolute Gasteiger partial charge is 0.497 e. The molecule has 278 valence electrons. The topological polar surface area (TPSA) is 113 Å². The van der Waals surface area contributed by atoms with Gasteiger partial charge in [0.1, 0.15) is 15.7 Å². The maximum absolute atomic E-state index is 14.4. The molecule has 0 amide bonds. The number of aryl methyl sites for hydroxylation is 1. The molecular formula is C41H49NO7S3. The van der Waals surface area contributed by atoms with E-state index in [0.717, 1.165) is 33.8 Å². The Hall–Kier alpha value is -3.32. The van der Waals surface area contributed by atoms with Crippen LogP contribution in [0.1, 0.15) is 95.1 Å². The summed E-state index contributed by atoms with van der Waals surface area (Å²) >= 11 is 2.61. The highest BCUT2D eigenvalue weighted by Crippen LogP contribution is 2.59. The SMILES string of the molecule is COc1ccc(CN(C[C@]2(O)CC[C@H]3c4ccc(cc4C(=O)c4ccc(C)s4)C[C@@H](O)CCC(C)=CCC[C@@]32C)S(=O)(=O)c2cccs2)c(OC)c1. The van der Waals surface area contributed by atoms with E-state index in [1.165, 1.54) is 21.2 Å². The van der Waals surface area contributed by atoms with E-state index in [1.54, 1.807) is 49.9 Å². The van der Waals surface area contributed by atoms with Gasteiger partial charge < -0.3 is 19.7 Å². The number of ketones is 1. The van der Waals surface area contributed by atoms with E-state index < -0.39 is 27.1 Å². The molecule has 3 aliphatic rings. The number of nitrogens with zero attached hydrogens (tertiary/aromatic N) is 1. The maximum Gasteiger partial charge on any atom is 0.252 e. The molecule has 4 atom stereocenters. The fraction of sp³-hybridized carbons (Fsp3) is 0.439. The van der Waals surface area contributed by atoms with Crippen LogP contribution < -0.4 is 9.47 Å². The molecule has 2 N–H and O–H groups in total. The van der Waals surface area contributed by atoms with Gasteiger partial charge in [0.2, 0.25) is 5.78 Å². The van der Waals surface area contributed by atoms with Gasteiger partial charge in [0.05, 0.1) is 30.8 Å². The number of ether oxygens (including phenoxy) is 2. The predicted molar refractivity (Wildman–Crippen MR) is 207 cm³/mol. The smallest absolute Gasteiger partial charge is 0.252 e. The Morgan fingerprint density at radius 1 is 1.02 bits per heavy atom. The first-order valence-corrected chi connectivity index (χ1v) is 21.0. The highest BCUT2D eigenvalue weighted by molar-refractivity contribution is 7.91. The standard InChI is InChI=1S/C41H49NO7S3/c1-27-8-6-19-40(3)35(33-16-12-29(22-31(43)14-10-27)23-34(33)39(44)37-17-11-28(2)51-37)18-20-41(40,45)26-42(52(46,47)38-9-7-21-50-38)25-30-13-15-32(48-4)24-36(30)49-5/h7-9,11-13,15-17,21,23-24,31,35,43,45H,6,10,14,18-20,22,25-26H2,1-5H3/t31-,35-,40-,41+/m0/s1. The number of benzene rings is 2. The quantitative estimate of drug-likeness (QED) is 0.124. The summed E-state index contributed by atoms with van der Waals surface area (Å²) in [6, 6.07) is 18.4. The van der Waals surface area contributed by atoms with Crippen LogP contribution in [0.25, 0.3) is 0 Å². The van der Waals surface area contributed by atoms with Gasteiger partial charge in [-0.1, -0.05) is 42.8 Å². The Labute approximate surface area is 315 Å². The van der Waals surface area contributed by atoms with Crippen molar-refractivity contribution in [3.8, 4) is 11.5 Å². The lowest BCUT2D eigenvalue weighted by molar-refractivity contribution is -0.0732. The lowest BCUT2D eigenvalue weighted by Crippen LogP contribution is -2.53. The molecule has 7 rings (SSSR count). The third-order valence-electron chi connectivity index (χ3n) is 11.2. The van der Waals surface area contributed by atoms with Crippen LogP contribution in [0.3, 0.4) is 0 Å². The van der Waals surface area contributed by atoms with Crippen LogP contribution >= 0.6 is 22.7 Å². The van der Waals surface area contributed by atoms with E-state index >= 15 is 0 Å². The van der Waals surface area contributed by atoms with Crippen LogP contribution in [0.4, 0.5) is 0 Å². The molecule has 11 heteroatoms. The van der Waals surface area contributed by atoms with E-state index in [2.05, 4.69) is 19.9 Å². The van der Waals surface area contributed by atoms with Crippen LogP contribution in [-0.2, 0) is 23.0 Å². The number of carbonyl (C=O) groups is 1. The van der Waals surface area contributed by atoms with Crippen LogP contribution in [0, 0.1) is 12.3 Å². The molecule has 0 unspecified atom stereocenters. The van der Waals surface area contributed by atoms with E-state index in [0.29, 0.717) is 66.0 Å². The third kappa shape index (κ3) is 7.67. The minimum absolute atomic E-state index is 0.0199. The van der Waals surface area contributed by atoms with E-state index in [1.807, 2.05) is 37.3 Å². The zero-order valence-electron chi connectivity index (χ0n) is 30.6. The molecule has 0 radical (unpaired) electrons. The van der Waals surface area contributed by atoms with Crippen LogP contribution in [-0.4, -0.2) is 61.2 Å². The van der Waals surface area contributed by atoms with Crippen LogP contribution in [0.15, 0.2) is 81.9 Å². The predicted octanol–water partition coefficient (Wildman–Crippen LogP) is 8.30. The Morgan fingerprint density at radius 2 is 1.83 bits per heavy atom. The van der Waals surface area contributed by atoms with Gasteiger partial charge in [-0.25, -0.2) is 8.42 Å². The first kappa shape index (κ1) is 38.4. The Kier molecular flexibility index (Phi) is 11.5. The number of sulfonamides is 1.